The highest BCUT2D eigenvalue weighted by molar-refractivity contribution is 7.80. The summed E-state index contributed by atoms with van der Waals surface area (Å²) in [5.74, 6) is -0.0486. The van der Waals surface area contributed by atoms with Crippen LogP contribution in [0.15, 0.2) is 41.8 Å². The van der Waals surface area contributed by atoms with Gasteiger partial charge >= 0.3 is 0 Å². The van der Waals surface area contributed by atoms with Gasteiger partial charge in [0.25, 0.3) is 5.91 Å². The maximum atomic E-state index is 12.2. The van der Waals surface area contributed by atoms with Crippen molar-refractivity contribution < 1.29 is 9.53 Å². The Morgan fingerprint density at radius 1 is 1.53 bits per heavy atom. The predicted octanol–water partition coefficient (Wildman–Crippen LogP) is 2.25. The number of carbonyl (C=O) groups is 1. The summed E-state index contributed by atoms with van der Waals surface area (Å²) < 4.78 is 4.99. The van der Waals surface area contributed by atoms with Crippen LogP contribution in [0.1, 0.15) is 10.4 Å². The lowest BCUT2D eigenvalue weighted by Gasteiger charge is -2.21. The molecule has 0 spiro atoms. The third-order valence-corrected chi connectivity index (χ3v) is 2.73. The molecule has 4 heteroatoms. The number of hydrogen-bond donors (Lipinski definition) is 1. The van der Waals surface area contributed by atoms with Gasteiger partial charge in [0, 0.05) is 25.1 Å². The lowest BCUT2D eigenvalue weighted by Crippen LogP contribution is -2.34. The molecule has 0 N–H and O–H groups in total. The minimum atomic E-state index is -0.0486. The number of amides is 1. The summed E-state index contributed by atoms with van der Waals surface area (Å²) in [5.41, 5.74) is 0.605. The maximum Gasteiger partial charge on any atom is 0.255 e. The monoisotopic (exact) mass is 251 g/mol. The van der Waals surface area contributed by atoms with Crippen molar-refractivity contribution in [2.45, 2.75) is 4.90 Å². The van der Waals surface area contributed by atoms with Gasteiger partial charge in [0.2, 0.25) is 0 Å². The van der Waals surface area contributed by atoms with Crippen molar-refractivity contribution in [2.75, 3.05) is 26.8 Å². The number of hydrogen-bond acceptors (Lipinski definition) is 3. The normalized spacial score (nSPS) is 10.0. The van der Waals surface area contributed by atoms with E-state index in [0.717, 1.165) is 0 Å². The van der Waals surface area contributed by atoms with Crippen LogP contribution in [0, 0.1) is 0 Å². The second-order valence-electron chi connectivity index (χ2n) is 3.55. The lowest BCUT2D eigenvalue weighted by atomic mass is 10.2. The molecule has 1 aromatic rings. The van der Waals surface area contributed by atoms with E-state index < -0.39 is 0 Å². The number of nitrogens with zero attached hydrogens (tertiary/aromatic N) is 1. The summed E-state index contributed by atoms with van der Waals surface area (Å²) in [6.07, 6.45) is 1.70. The van der Waals surface area contributed by atoms with Gasteiger partial charge in [-0.3, -0.25) is 4.79 Å². The van der Waals surface area contributed by atoms with Crippen LogP contribution in [-0.4, -0.2) is 37.6 Å². The van der Waals surface area contributed by atoms with Crippen molar-refractivity contribution in [3.05, 3.63) is 42.5 Å². The molecule has 0 unspecified atom stereocenters. The minimum absolute atomic E-state index is 0.0486. The molecule has 1 amide bonds. The number of thiol groups is 1. The van der Waals surface area contributed by atoms with Crippen LogP contribution < -0.4 is 0 Å². The first-order chi connectivity index (χ1) is 8.20. The highest BCUT2D eigenvalue weighted by Crippen LogP contribution is 2.15. The van der Waals surface area contributed by atoms with E-state index in [0.29, 0.717) is 30.2 Å². The molecule has 0 saturated carbocycles. The minimum Gasteiger partial charge on any atom is -0.383 e. The van der Waals surface area contributed by atoms with E-state index in [1.54, 1.807) is 30.2 Å². The Kier molecular flexibility index (Phi) is 5.80. The molecule has 0 radical (unpaired) electrons. The molecule has 1 rings (SSSR count). The third-order valence-electron chi connectivity index (χ3n) is 2.34. The number of benzene rings is 1. The standard InChI is InChI=1S/C13H17NO2S/c1-3-8-14(9-10-16-2)13(15)11-6-4-5-7-12(11)17/h3-7,17H,1,8-10H2,2H3. The molecule has 0 heterocycles. The van der Waals surface area contributed by atoms with Gasteiger partial charge in [-0.2, -0.15) is 0 Å². The van der Waals surface area contributed by atoms with Gasteiger partial charge < -0.3 is 9.64 Å². The number of ether oxygens (including phenoxy) is 1. The first kappa shape index (κ1) is 13.8. The zero-order valence-corrected chi connectivity index (χ0v) is 10.8. The van der Waals surface area contributed by atoms with Crippen LogP contribution in [0.5, 0.6) is 0 Å². The van der Waals surface area contributed by atoms with Gasteiger partial charge in [-0.25, -0.2) is 0 Å². The van der Waals surface area contributed by atoms with Crippen molar-refractivity contribution in [1.29, 1.82) is 0 Å². The molecule has 0 fully saturated rings. The summed E-state index contributed by atoms with van der Waals surface area (Å²) in [6, 6.07) is 7.26. The largest absolute Gasteiger partial charge is 0.383 e. The van der Waals surface area contributed by atoms with Crippen molar-refractivity contribution >= 4 is 18.5 Å². The van der Waals surface area contributed by atoms with Gasteiger partial charge in [0.1, 0.15) is 0 Å². The molecule has 17 heavy (non-hydrogen) atoms. The zero-order valence-electron chi connectivity index (χ0n) is 9.93. The Morgan fingerprint density at radius 3 is 2.82 bits per heavy atom. The maximum absolute atomic E-state index is 12.2. The molecule has 1 aromatic carbocycles. The predicted molar refractivity (Wildman–Crippen MR) is 71.7 cm³/mol. The van der Waals surface area contributed by atoms with Crippen LogP contribution in [0.4, 0.5) is 0 Å². The molecule has 0 aromatic heterocycles. The fourth-order valence-corrected chi connectivity index (χ4v) is 1.71. The molecule has 3 nitrogen and oxygen atoms in total. The Bertz CT molecular complexity index is 393. The van der Waals surface area contributed by atoms with E-state index >= 15 is 0 Å². The van der Waals surface area contributed by atoms with Crippen LogP contribution in [0.25, 0.3) is 0 Å². The van der Waals surface area contributed by atoms with Gasteiger partial charge in [0.05, 0.1) is 12.2 Å². The van der Waals surface area contributed by atoms with Crippen molar-refractivity contribution in [3.8, 4) is 0 Å². The summed E-state index contributed by atoms with van der Waals surface area (Å²) >= 11 is 4.29. The molecule has 0 saturated heterocycles. The third kappa shape index (κ3) is 3.91. The molecular formula is C13H17NO2S. The Labute approximate surface area is 107 Å². The summed E-state index contributed by atoms with van der Waals surface area (Å²) in [7, 11) is 1.61. The smallest absolute Gasteiger partial charge is 0.255 e. The molecular weight excluding hydrogens is 234 g/mol. The quantitative estimate of drug-likeness (QED) is 0.621. The topological polar surface area (TPSA) is 29.5 Å². The molecule has 92 valence electrons. The van der Waals surface area contributed by atoms with Crippen LogP contribution in [0.2, 0.25) is 0 Å². The Balaban J connectivity index is 2.83. The van der Waals surface area contributed by atoms with E-state index in [2.05, 4.69) is 19.2 Å². The molecule has 0 aliphatic heterocycles. The van der Waals surface area contributed by atoms with E-state index in [4.69, 9.17) is 4.74 Å². The molecule has 0 aliphatic carbocycles. The Morgan fingerprint density at radius 2 is 2.24 bits per heavy atom. The SMILES string of the molecule is C=CCN(CCOC)C(=O)c1ccccc1S. The van der Waals surface area contributed by atoms with E-state index in [1.807, 2.05) is 12.1 Å². The van der Waals surface area contributed by atoms with Crippen LogP contribution >= 0.6 is 12.6 Å². The number of carbonyl (C=O) groups excluding carboxylic acids is 1. The Hall–Kier alpha value is -1.26. The summed E-state index contributed by atoms with van der Waals surface area (Å²) in [4.78, 5) is 14.6. The van der Waals surface area contributed by atoms with Gasteiger partial charge in [0.15, 0.2) is 0 Å². The van der Waals surface area contributed by atoms with E-state index in [1.165, 1.54) is 0 Å². The van der Waals surface area contributed by atoms with Crippen LogP contribution in [0.3, 0.4) is 0 Å². The average Bonchev–Trinajstić information content (AvgIpc) is 2.34. The fraction of sp³-hybridized carbons (Fsp3) is 0.308. The summed E-state index contributed by atoms with van der Waals surface area (Å²) in [6.45, 7) is 5.21. The van der Waals surface area contributed by atoms with E-state index in [9.17, 15) is 4.79 Å². The number of rotatable bonds is 6. The van der Waals surface area contributed by atoms with Gasteiger partial charge in [-0.05, 0) is 12.1 Å². The molecule has 0 bridgehead atoms. The lowest BCUT2D eigenvalue weighted by molar-refractivity contribution is 0.0715. The van der Waals surface area contributed by atoms with E-state index in [-0.39, 0.29) is 5.91 Å². The first-order valence-electron chi connectivity index (χ1n) is 5.37. The second kappa shape index (κ2) is 7.14. The van der Waals surface area contributed by atoms with Crippen LogP contribution in [-0.2, 0) is 4.74 Å². The highest BCUT2D eigenvalue weighted by atomic mass is 32.1. The van der Waals surface area contributed by atoms with Gasteiger partial charge in [-0.1, -0.05) is 18.2 Å². The van der Waals surface area contributed by atoms with Gasteiger partial charge in [-0.15, -0.1) is 19.2 Å². The second-order valence-corrected chi connectivity index (χ2v) is 4.03. The fourth-order valence-electron chi connectivity index (χ4n) is 1.46. The molecule has 0 atom stereocenters. The van der Waals surface area contributed by atoms with Crippen molar-refractivity contribution in [2.24, 2.45) is 0 Å². The average molecular weight is 251 g/mol. The zero-order chi connectivity index (χ0) is 12.7. The first-order valence-corrected chi connectivity index (χ1v) is 5.82. The van der Waals surface area contributed by atoms with Crippen molar-refractivity contribution in [1.82, 2.24) is 4.90 Å². The number of methoxy groups -OCH3 is 1. The van der Waals surface area contributed by atoms with Crippen molar-refractivity contribution in [3.63, 3.8) is 0 Å². The highest BCUT2D eigenvalue weighted by Gasteiger charge is 2.15. The molecule has 0 aliphatic rings. The summed E-state index contributed by atoms with van der Waals surface area (Å²) in [5, 5.41) is 0.